The quantitative estimate of drug-likeness (QED) is 0.380. The van der Waals surface area contributed by atoms with Crippen molar-refractivity contribution in [3.8, 4) is 0 Å². The Morgan fingerprint density at radius 3 is 0.400 bits per heavy atom. The van der Waals surface area contributed by atoms with Crippen molar-refractivity contribution in [2.24, 2.45) is 0 Å². The van der Waals surface area contributed by atoms with Crippen LogP contribution in [0.1, 0.15) is 0 Å². The smallest absolute Gasteiger partial charge is 1.00 e. The predicted octanol–water partition coefficient (Wildman–Crippen LogP) is -12.4. The van der Waals surface area contributed by atoms with E-state index in [9.17, 15) is 0 Å². The van der Waals surface area contributed by atoms with E-state index in [1.165, 1.54) is 0 Å². The molecule has 2 radical (unpaired) electrons. The first-order chi connectivity index (χ1) is 0. The summed E-state index contributed by atoms with van der Waals surface area (Å²) in [6, 6.07) is 0. The van der Waals surface area contributed by atoms with Crippen molar-refractivity contribution < 1.29 is 49.6 Å². The Morgan fingerprint density at radius 1 is 0.400 bits per heavy atom. The summed E-state index contributed by atoms with van der Waals surface area (Å²) in [5.41, 5.74) is 0. The number of hydrogen-bond acceptors (Lipinski definition) is 0. The fourth-order valence-electron chi connectivity index (χ4n) is 0. The minimum absolute atomic E-state index is 0. The van der Waals surface area contributed by atoms with Gasteiger partial charge in [-0.15, -0.1) is 0 Å². The van der Waals surface area contributed by atoms with Crippen molar-refractivity contribution in [2.45, 2.75) is 0 Å². The van der Waals surface area contributed by atoms with E-state index in [4.69, 9.17) is 0 Å². The van der Waals surface area contributed by atoms with Crippen molar-refractivity contribution in [3.63, 3.8) is 0 Å². The van der Waals surface area contributed by atoms with Crippen LogP contribution in [0.5, 0.6) is 0 Å². The van der Waals surface area contributed by atoms with Gasteiger partial charge in [-0.1, -0.05) is 0 Å². The Bertz CT molecular complexity index is 3.61. The molecule has 0 amide bonds. The van der Waals surface area contributed by atoms with Gasteiger partial charge in [0, 0.05) is 0 Å². The third-order valence-corrected chi connectivity index (χ3v) is 0. The molecule has 0 rings (SSSR count). The van der Waals surface area contributed by atoms with Crippen molar-refractivity contribution in [2.75, 3.05) is 0 Å². The second-order valence-corrected chi connectivity index (χ2v) is 0. The number of halogens is 4. The van der Waals surface area contributed by atoms with E-state index in [1.54, 1.807) is 0 Å². The summed E-state index contributed by atoms with van der Waals surface area (Å²) in [7, 11) is 0. The maximum Gasteiger partial charge on any atom is 2.00 e. The van der Waals surface area contributed by atoms with E-state index in [1.807, 2.05) is 0 Å². The van der Waals surface area contributed by atoms with Crippen LogP contribution in [0, 0.1) is 0 Å². The van der Waals surface area contributed by atoms with Crippen LogP contribution in [0.4, 0.5) is 0 Å². The van der Waals surface area contributed by atoms with Gasteiger partial charge in [-0.25, -0.2) is 0 Å². The molecule has 0 aliphatic carbocycles. The molecule has 0 atom stereocenters. The third kappa shape index (κ3) is 24.3. The molecule has 34 valence electrons. The average Bonchev–Trinajstić information content (AvgIpc) is 0. The maximum atomic E-state index is 0. The van der Waals surface area contributed by atoms with Crippen molar-refractivity contribution in [3.05, 3.63) is 0 Å². The summed E-state index contributed by atoms with van der Waals surface area (Å²) >= 11 is 0. The van der Waals surface area contributed by atoms with Gasteiger partial charge in [0.15, 0.2) is 0 Å². The van der Waals surface area contributed by atoms with Crippen LogP contribution in [-0.2, 0) is 0 Å². The number of rotatable bonds is 0. The van der Waals surface area contributed by atoms with Gasteiger partial charge in [-0.05, 0) is 0 Å². The molecule has 0 spiro atoms. The summed E-state index contributed by atoms with van der Waals surface area (Å²) in [4.78, 5) is 0. The molecule has 0 aromatic heterocycles. The maximum absolute atomic E-state index is 0. The minimum atomic E-state index is 0. The first-order valence-corrected chi connectivity index (χ1v) is 0. The predicted molar refractivity (Wildman–Crippen MR) is 5.75 cm³/mol. The molecule has 0 aromatic rings. The average molecular weight is 261 g/mol. The minimum Gasteiger partial charge on any atom is -1.00 e. The zero-order valence-electron chi connectivity index (χ0n) is 2.01. The van der Waals surface area contributed by atoms with Gasteiger partial charge in [0.25, 0.3) is 0 Å². The van der Waals surface area contributed by atoms with Crippen molar-refractivity contribution in [1.82, 2.24) is 0 Å². The first kappa shape index (κ1) is 64.4. The van der Waals surface area contributed by atoms with Crippen LogP contribution >= 0.6 is 0 Å². The summed E-state index contributed by atoms with van der Waals surface area (Å²) in [6.45, 7) is 0. The molecule has 0 unspecified atom stereocenters. The normalized spacial score (nSPS) is 0. The Labute approximate surface area is 73.1 Å². The SMILES string of the molecule is [Cl-].[Cl-].[Cl-].[Cl-].[Sn+2]. The van der Waals surface area contributed by atoms with Gasteiger partial charge in [0.1, 0.15) is 0 Å². The molecule has 0 nitrogen and oxygen atoms in total. The molecule has 0 heterocycles. The van der Waals surface area contributed by atoms with Crippen LogP contribution in [0.15, 0.2) is 0 Å². The molecule has 0 saturated heterocycles. The molecule has 0 saturated carbocycles. The summed E-state index contributed by atoms with van der Waals surface area (Å²) in [5.74, 6) is 0. The molecule has 0 bridgehead atoms. The largest absolute Gasteiger partial charge is 2.00 e. The molecule has 0 aliphatic rings. The standard InChI is InChI=1S/4ClH.Sn/h4*1H;/q;;;;+2/p-4. The van der Waals surface area contributed by atoms with E-state index in [0.29, 0.717) is 0 Å². The molecule has 0 fully saturated rings. The first-order valence-electron chi connectivity index (χ1n) is 0. The molecule has 5 heavy (non-hydrogen) atoms. The van der Waals surface area contributed by atoms with Crippen LogP contribution in [-0.4, -0.2) is 23.9 Å². The molecule has 0 aliphatic heterocycles. The van der Waals surface area contributed by atoms with Crippen molar-refractivity contribution in [1.29, 1.82) is 0 Å². The Morgan fingerprint density at radius 2 is 0.400 bits per heavy atom. The molecular formula is Cl4Sn-2. The van der Waals surface area contributed by atoms with Gasteiger partial charge in [0.05, 0.1) is 0 Å². The topological polar surface area (TPSA) is 0 Å². The molecule has 0 aromatic carbocycles. The van der Waals surface area contributed by atoms with E-state index < -0.39 is 0 Å². The second-order valence-electron chi connectivity index (χ2n) is 0. The monoisotopic (exact) mass is 260 g/mol. The second kappa shape index (κ2) is 38.2. The molecular weight excluding hydrogens is 261 g/mol. The van der Waals surface area contributed by atoms with Crippen LogP contribution < -0.4 is 49.6 Å². The zero-order chi connectivity index (χ0) is 0. The fourth-order valence-corrected chi connectivity index (χ4v) is 0. The van der Waals surface area contributed by atoms with Gasteiger partial charge in [0.2, 0.25) is 0 Å². The van der Waals surface area contributed by atoms with E-state index >= 15 is 0 Å². The fraction of sp³-hybridized carbons (Fsp3) is 0. The van der Waals surface area contributed by atoms with Crippen LogP contribution in [0.2, 0.25) is 0 Å². The number of hydrogen-bond donors (Lipinski definition) is 0. The van der Waals surface area contributed by atoms with E-state index in [0.717, 1.165) is 0 Å². The molecule has 5 heteroatoms. The summed E-state index contributed by atoms with van der Waals surface area (Å²) in [5, 5.41) is 0. The van der Waals surface area contributed by atoms with E-state index in [-0.39, 0.29) is 73.5 Å². The van der Waals surface area contributed by atoms with Crippen molar-refractivity contribution >= 4 is 23.9 Å². The zero-order valence-corrected chi connectivity index (χ0v) is 7.89. The Hall–Kier alpha value is 1.96. The molecule has 0 N–H and O–H groups in total. The van der Waals surface area contributed by atoms with Gasteiger partial charge < -0.3 is 49.6 Å². The Kier molecular flexibility index (Phi) is 492. The van der Waals surface area contributed by atoms with E-state index in [2.05, 4.69) is 0 Å². The third-order valence-electron chi connectivity index (χ3n) is 0. The summed E-state index contributed by atoms with van der Waals surface area (Å²) < 4.78 is 0. The van der Waals surface area contributed by atoms with Crippen LogP contribution in [0.25, 0.3) is 0 Å². The van der Waals surface area contributed by atoms with Gasteiger partial charge in [-0.3, -0.25) is 0 Å². The summed E-state index contributed by atoms with van der Waals surface area (Å²) in [6.07, 6.45) is 0. The van der Waals surface area contributed by atoms with Gasteiger partial charge >= 0.3 is 23.9 Å². The Balaban J connectivity index is 0. The van der Waals surface area contributed by atoms with Gasteiger partial charge in [-0.2, -0.15) is 0 Å². The van der Waals surface area contributed by atoms with Crippen LogP contribution in [0.3, 0.4) is 0 Å².